The van der Waals surface area contributed by atoms with Crippen LogP contribution in [0.5, 0.6) is 5.88 Å². The number of methoxy groups -OCH3 is 1. The third-order valence-corrected chi connectivity index (χ3v) is 9.06. The molecule has 2 saturated heterocycles. The number of aromatic nitrogens is 1. The maximum absolute atomic E-state index is 13.9. The minimum Gasteiger partial charge on any atom is -0.468 e. The molecule has 212 valence electrons. The second-order valence-electron chi connectivity index (χ2n) is 10.3. The van der Waals surface area contributed by atoms with Gasteiger partial charge in [0.25, 0.3) is 0 Å². The SMILES string of the molecule is COC(=O)C1(CS(=O)(=O)N2CC(C(=O)Nc3ccc(C)nc3OC(F)F)(c3ccccc3C(C)C)C2)COC1. The fourth-order valence-corrected chi connectivity index (χ4v) is 6.93. The third kappa shape index (κ3) is 5.48. The fourth-order valence-electron chi connectivity index (χ4n) is 4.93. The number of halogens is 2. The molecular formula is C26H31F2N3O7S. The van der Waals surface area contributed by atoms with Gasteiger partial charge in [0.05, 0.1) is 26.1 Å². The van der Waals surface area contributed by atoms with Crippen molar-refractivity contribution >= 4 is 27.6 Å². The molecule has 2 aromatic rings. The van der Waals surface area contributed by atoms with E-state index in [9.17, 15) is 26.8 Å². The predicted octanol–water partition coefficient (Wildman–Crippen LogP) is 2.83. The Balaban J connectivity index is 1.68. The summed E-state index contributed by atoms with van der Waals surface area (Å²) in [5, 5.41) is 2.65. The predicted molar refractivity (Wildman–Crippen MR) is 137 cm³/mol. The van der Waals surface area contributed by atoms with E-state index in [0.717, 1.165) is 9.87 Å². The number of aryl methyl sites for hydroxylation is 1. The summed E-state index contributed by atoms with van der Waals surface area (Å²) in [4.78, 5) is 30.2. The van der Waals surface area contributed by atoms with Crippen LogP contribution in [0, 0.1) is 12.3 Å². The number of sulfonamides is 1. The lowest BCUT2D eigenvalue weighted by molar-refractivity contribution is -0.178. The molecule has 0 bridgehead atoms. The lowest BCUT2D eigenvalue weighted by Crippen LogP contribution is -2.68. The van der Waals surface area contributed by atoms with E-state index in [0.29, 0.717) is 11.3 Å². The van der Waals surface area contributed by atoms with Crippen molar-refractivity contribution in [1.82, 2.24) is 9.29 Å². The van der Waals surface area contributed by atoms with Crippen LogP contribution in [0.4, 0.5) is 14.5 Å². The van der Waals surface area contributed by atoms with Crippen molar-refractivity contribution in [2.45, 2.75) is 38.7 Å². The Hall–Kier alpha value is -3.16. The molecule has 3 heterocycles. The van der Waals surface area contributed by atoms with Crippen LogP contribution in [0.25, 0.3) is 0 Å². The molecule has 1 N–H and O–H groups in total. The number of carbonyl (C=O) groups is 2. The van der Waals surface area contributed by atoms with Crippen LogP contribution in [0.15, 0.2) is 36.4 Å². The van der Waals surface area contributed by atoms with Gasteiger partial charge in [0, 0.05) is 18.8 Å². The van der Waals surface area contributed by atoms with E-state index < -0.39 is 51.0 Å². The van der Waals surface area contributed by atoms with Crippen LogP contribution >= 0.6 is 0 Å². The number of hydrogen-bond donors (Lipinski definition) is 1. The number of anilines is 1. The van der Waals surface area contributed by atoms with Gasteiger partial charge in [-0.3, -0.25) is 9.59 Å². The van der Waals surface area contributed by atoms with Gasteiger partial charge in [0.15, 0.2) is 0 Å². The van der Waals surface area contributed by atoms with Crippen LogP contribution in [0.3, 0.4) is 0 Å². The molecule has 10 nitrogen and oxygen atoms in total. The lowest BCUT2D eigenvalue weighted by atomic mass is 9.71. The summed E-state index contributed by atoms with van der Waals surface area (Å²) >= 11 is 0. The van der Waals surface area contributed by atoms with Gasteiger partial charge in [0.1, 0.15) is 16.5 Å². The van der Waals surface area contributed by atoms with Gasteiger partial charge in [-0.25, -0.2) is 13.4 Å². The second kappa shape index (κ2) is 10.8. The zero-order valence-corrected chi connectivity index (χ0v) is 22.9. The molecule has 0 spiro atoms. The van der Waals surface area contributed by atoms with E-state index in [2.05, 4.69) is 15.0 Å². The molecule has 13 heteroatoms. The summed E-state index contributed by atoms with van der Waals surface area (Å²) in [7, 11) is -2.83. The average Bonchev–Trinajstić information content (AvgIpc) is 2.81. The average molecular weight is 568 g/mol. The number of nitrogens with zero attached hydrogens (tertiary/aromatic N) is 2. The number of carbonyl (C=O) groups excluding carboxylic acids is 2. The largest absolute Gasteiger partial charge is 0.468 e. The van der Waals surface area contributed by atoms with Crippen molar-refractivity contribution in [3.8, 4) is 5.88 Å². The van der Waals surface area contributed by atoms with Crippen molar-refractivity contribution in [3.05, 3.63) is 53.2 Å². The highest BCUT2D eigenvalue weighted by Gasteiger charge is 2.58. The van der Waals surface area contributed by atoms with E-state index in [1.165, 1.54) is 19.2 Å². The van der Waals surface area contributed by atoms with Crippen molar-refractivity contribution in [1.29, 1.82) is 0 Å². The molecule has 0 radical (unpaired) electrons. The Labute approximate surface area is 225 Å². The van der Waals surface area contributed by atoms with Gasteiger partial charge in [0.2, 0.25) is 21.8 Å². The van der Waals surface area contributed by atoms with Crippen LogP contribution in [0.2, 0.25) is 0 Å². The van der Waals surface area contributed by atoms with Crippen LogP contribution < -0.4 is 10.1 Å². The van der Waals surface area contributed by atoms with Gasteiger partial charge in [-0.1, -0.05) is 38.1 Å². The van der Waals surface area contributed by atoms with Gasteiger partial charge in [-0.05, 0) is 36.1 Å². The number of ether oxygens (including phenoxy) is 3. The van der Waals surface area contributed by atoms with E-state index >= 15 is 0 Å². The minimum atomic E-state index is -4.01. The van der Waals surface area contributed by atoms with Gasteiger partial charge < -0.3 is 19.5 Å². The van der Waals surface area contributed by atoms with Crippen LogP contribution in [0.1, 0.15) is 36.6 Å². The second-order valence-corrected chi connectivity index (χ2v) is 12.2. The Morgan fingerprint density at radius 3 is 2.38 bits per heavy atom. The first-order valence-corrected chi connectivity index (χ1v) is 13.9. The molecule has 0 saturated carbocycles. The van der Waals surface area contributed by atoms with Gasteiger partial charge >= 0.3 is 12.6 Å². The Morgan fingerprint density at radius 2 is 1.82 bits per heavy atom. The summed E-state index contributed by atoms with van der Waals surface area (Å²) in [6.07, 6.45) is 0. The first-order chi connectivity index (χ1) is 18.3. The Bertz CT molecular complexity index is 1360. The molecule has 0 aliphatic carbocycles. The monoisotopic (exact) mass is 567 g/mol. The first-order valence-electron chi connectivity index (χ1n) is 12.3. The van der Waals surface area contributed by atoms with Crippen LogP contribution in [-0.2, 0) is 34.5 Å². The summed E-state index contributed by atoms with van der Waals surface area (Å²) in [6, 6.07) is 10.1. The molecule has 2 aliphatic rings. The van der Waals surface area contributed by atoms with E-state index in [-0.39, 0.29) is 37.9 Å². The Kier molecular flexibility index (Phi) is 7.97. The number of nitrogens with one attached hydrogen (secondary N) is 1. The smallest absolute Gasteiger partial charge is 0.388 e. The normalized spacial score (nSPS) is 18.3. The number of esters is 1. The first kappa shape index (κ1) is 28.8. The number of amides is 1. The highest BCUT2D eigenvalue weighted by molar-refractivity contribution is 7.89. The maximum atomic E-state index is 13.9. The number of pyridine rings is 1. The zero-order valence-electron chi connectivity index (χ0n) is 22.1. The summed E-state index contributed by atoms with van der Waals surface area (Å²) in [5.74, 6) is -2.24. The van der Waals surface area contributed by atoms with E-state index in [1.54, 1.807) is 19.1 Å². The van der Waals surface area contributed by atoms with Crippen LogP contribution in [-0.4, -0.2) is 75.4 Å². The molecule has 0 atom stereocenters. The third-order valence-electron chi connectivity index (χ3n) is 7.10. The number of alkyl halides is 2. The summed E-state index contributed by atoms with van der Waals surface area (Å²) < 4.78 is 68.4. The topological polar surface area (TPSA) is 124 Å². The minimum absolute atomic E-state index is 0.00465. The lowest BCUT2D eigenvalue weighted by Gasteiger charge is -2.50. The molecule has 1 aromatic heterocycles. The maximum Gasteiger partial charge on any atom is 0.388 e. The van der Waals surface area contributed by atoms with Crippen molar-refractivity contribution in [3.63, 3.8) is 0 Å². The van der Waals surface area contributed by atoms with Gasteiger partial charge in [-0.15, -0.1) is 0 Å². The van der Waals surface area contributed by atoms with E-state index in [1.807, 2.05) is 26.0 Å². The quantitative estimate of drug-likeness (QED) is 0.435. The molecule has 2 fully saturated rings. The number of hydrogen-bond acceptors (Lipinski definition) is 8. The summed E-state index contributed by atoms with van der Waals surface area (Å²) in [5.41, 5.74) is -0.841. The molecular weight excluding hydrogens is 536 g/mol. The number of benzene rings is 1. The molecule has 0 unspecified atom stereocenters. The fraction of sp³-hybridized carbons (Fsp3) is 0.500. The molecule has 1 aromatic carbocycles. The number of rotatable bonds is 10. The molecule has 39 heavy (non-hydrogen) atoms. The highest BCUT2D eigenvalue weighted by Crippen LogP contribution is 2.43. The molecule has 1 amide bonds. The zero-order chi connectivity index (χ0) is 28.6. The van der Waals surface area contributed by atoms with Crippen molar-refractivity contribution < 1.29 is 41.0 Å². The molecule has 2 aliphatic heterocycles. The van der Waals surface area contributed by atoms with Crippen molar-refractivity contribution in [2.75, 3.05) is 44.5 Å². The van der Waals surface area contributed by atoms with Gasteiger partial charge in [-0.2, -0.15) is 13.1 Å². The highest BCUT2D eigenvalue weighted by atomic mass is 32.2. The standard InChI is InChI=1S/C26H31F2N3O7S/c1-16(2)18-7-5-6-8-19(18)26(22(32)30-20-10-9-17(3)29-21(20)38-24(27)28)11-31(12-26)39(34,35)15-25(13-37-14-25)23(33)36-4/h5-10,16,24H,11-15H2,1-4H3,(H,30,32). The Morgan fingerprint density at radius 1 is 1.15 bits per heavy atom. The molecule has 4 rings (SSSR count). The van der Waals surface area contributed by atoms with E-state index in [4.69, 9.17) is 9.47 Å². The van der Waals surface area contributed by atoms with Crippen molar-refractivity contribution in [2.24, 2.45) is 5.41 Å². The summed E-state index contributed by atoms with van der Waals surface area (Å²) in [6.45, 7) is 1.74.